The number of hydrogen-bond donors (Lipinski definition) is 2. The van der Waals surface area contributed by atoms with E-state index in [1.165, 1.54) is 12.7 Å². The maximum Gasteiger partial charge on any atom is 0.354 e. The van der Waals surface area contributed by atoms with E-state index in [1.54, 1.807) is 0 Å². The number of anilines is 1. The molecule has 0 atom stereocenters. The predicted octanol–water partition coefficient (Wildman–Crippen LogP) is 1.92. The molecular weight excluding hydrogens is 204 g/mol. The van der Waals surface area contributed by atoms with Crippen LogP contribution in [-0.4, -0.2) is 24.6 Å². The van der Waals surface area contributed by atoms with Gasteiger partial charge in [-0.05, 0) is 24.1 Å². The molecule has 2 heterocycles. The van der Waals surface area contributed by atoms with Gasteiger partial charge in [-0.1, -0.05) is 6.07 Å². The van der Waals surface area contributed by atoms with Gasteiger partial charge in [-0.25, -0.2) is 4.79 Å². The minimum absolute atomic E-state index is 0.331. The van der Waals surface area contributed by atoms with Gasteiger partial charge in [-0.15, -0.1) is 0 Å². The molecule has 4 nitrogen and oxygen atoms in total. The molecule has 0 amide bonds. The molecular formula is C12H12N2O2. The van der Waals surface area contributed by atoms with Crippen LogP contribution < -0.4 is 5.32 Å². The van der Waals surface area contributed by atoms with Gasteiger partial charge in [0.05, 0.1) is 7.11 Å². The molecule has 0 unspecified atom stereocenters. The third kappa shape index (κ3) is 1.19. The van der Waals surface area contributed by atoms with Crippen LogP contribution in [0.4, 0.5) is 5.69 Å². The van der Waals surface area contributed by atoms with Gasteiger partial charge in [0.1, 0.15) is 5.69 Å². The normalized spacial score (nSPS) is 13.6. The van der Waals surface area contributed by atoms with Gasteiger partial charge in [-0.2, -0.15) is 0 Å². The molecule has 3 rings (SSSR count). The van der Waals surface area contributed by atoms with Crippen LogP contribution in [0.5, 0.6) is 0 Å². The second-order valence-corrected chi connectivity index (χ2v) is 3.91. The van der Waals surface area contributed by atoms with Crippen LogP contribution in [0.2, 0.25) is 0 Å². The molecule has 82 valence electrons. The summed E-state index contributed by atoms with van der Waals surface area (Å²) in [6, 6.07) is 5.95. The van der Waals surface area contributed by atoms with Crippen molar-refractivity contribution in [2.24, 2.45) is 0 Å². The summed E-state index contributed by atoms with van der Waals surface area (Å²) >= 11 is 0. The Balaban J connectivity index is 2.21. The van der Waals surface area contributed by atoms with Crippen LogP contribution in [0.25, 0.3) is 10.9 Å². The number of benzene rings is 1. The molecule has 0 bridgehead atoms. The molecule has 0 aliphatic carbocycles. The molecule has 16 heavy (non-hydrogen) atoms. The summed E-state index contributed by atoms with van der Waals surface area (Å²) in [5, 5.41) is 4.41. The first-order valence-electron chi connectivity index (χ1n) is 5.26. The average Bonchev–Trinajstić information content (AvgIpc) is 2.92. The number of aromatic amines is 1. The third-order valence-electron chi connectivity index (χ3n) is 2.99. The van der Waals surface area contributed by atoms with Crippen molar-refractivity contribution in [3.8, 4) is 0 Å². The summed E-state index contributed by atoms with van der Waals surface area (Å²) < 4.78 is 4.69. The van der Waals surface area contributed by atoms with Crippen molar-refractivity contribution in [1.82, 2.24) is 4.98 Å². The molecule has 2 aromatic rings. The Morgan fingerprint density at radius 1 is 1.44 bits per heavy atom. The number of carbonyl (C=O) groups excluding carboxylic acids is 1. The zero-order valence-electron chi connectivity index (χ0n) is 8.96. The van der Waals surface area contributed by atoms with Gasteiger partial charge < -0.3 is 15.0 Å². The molecule has 1 aromatic heterocycles. The fourth-order valence-electron chi connectivity index (χ4n) is 2.21. The molecule has 2 N–H and O–H groups in total. The van der Waals surface area contributed by atoms with Crippen molar-refractivity contribution in [2.75, 3.05) is 19.0 Å². The van der Waals surface area contributed by atoms with E-state index in [2.05, 4.69) is 16.4 Å². The Morgan fingerprint density at radius 3 is 3.12 bits per heavy atom. The lowest BCUT2D eigenvalue weighted by atomic mass is 10.1. The quantitative estimate of drug-likeness (QED) is 0.716. The summed E-state index contributed by atoms with van der Waals surface area (Å²) in [5.41, 5.74) is 3.92. The van der Waals surface area contributed by atoms with Crippen molar-refractivity contribution in [2.45, 2.75) is 6.42 Å². The van der Waals surface area contributed by atoms with E-state index in [1.807, 2.05) is 12.1 Å². The SMILES string of the molecule is COC(=O)c1cc2c3c(ccc2[nH]1)CCN3. The smallest absolute Gasteiger partial charge is 0.354 e. The largest absolute Gasteiger partial charge is 0.464 e. The lowest BCUT2D eigenvalue weighted by Gasteiger charge is -2.00. The molecule has 4 heteroatoms. The third-order valence-corrected chi connectivity index (χ3v) is 2.99. The standard InChI is InChI=1S/C12H12N2O2/c1-16-12(15)10-6-8-9(14-10)3-2-7-4-5-13-11(7)8/h2-3,6,13-14H,4-5H2,1H3. The van der Waals surface area contributed by atoms with Crippen LogP contribution in [0, 0.1) is 0 Å². The monoisotopic (exact) mass is 216 g/mol. The summed E-state index contributed by atoms with van der Waals surface area (Å²) in [6.45, 7) is 0.965. The predicted molar refractivity (Wildman–Crippen MR) is 61.8 cm³/mol. The van der Waals surface area contributed by atoms with Crippen molar-refractivity contribution in [3.05, 3.63) is 29.5 Å². The highest BCUT2D eigenvalue weighted by Crippen LogP contribution is 2.31. The Hall–Kier alpha value is -1.97. The van der Waals surface area contributed by atoms with Crippen LogP contribution in [-0.2, 0) is 11.2 Å². The molecule has 0 saturated heterocycles. The molecule has 1 aliphatic rings. The van der Waals surface area contributed by atoms with Gasteiger partial charge >= 0.3 is 5.97 Å². The van der Waals surface area contributed by atoms with Crippen LogP contribution in [0.1, 0.15) is 16.1 Å². The van der Waals surface area contributed by atoms with E-state index in [4.69, 9.17) is 4.74 Å². The van der Waals surface area contributed by atoms with Crippen molar-refractivity contribution >= 4 is 22.6 Å². The minimum atomic E-state index is -0.331. The van der Waals surface area contributed by atoms with E-state index < -0.39 is 0 Å². The van der Waals surface area contributed by atoms with E-state index in [9.17, 15) is 4.79 Å². The van der Waals surface area contributed by atoms with E-state index in [0.29, 0.717) is 5.69 Å². The second-order valence-electron chi connectivity index (χ2n) is 3.91. The highest BCUT2D eigenvalue weighted by atomic mass is 16.5. The Kier molecular flexibility index (Phi) is 1.89. The number of carbonyl (C=O) groups is 1. The van der Waals surface area contributed by atoms with Gasteiger partial charge in [0.15, 0.2) is 0 Å². The van der Waals surface area contributed by atoms with Crippen LogP contribution >= 0.6 is 0 Å². The van der Waals surface area contributed by atoms with Crippen LogP contribution in [0.3, 0.4) is 0 Å². The van der Waals surface area contributed by atoms with E-state index in [0.717, 1.165) is 29.6 Å². The fourth-order valence-corrected chi connectivity index (χ4v) is 2.21. The van der Waals surface area contributed by atoms with Crippen LogP contribution in [0.15, 0.2) is 18.2 Å². The summed E-state index contributed by atoms with van der Waals surface area (Å²) in [7, 11) is 1.39. The number of rotatable bonds is 1. The molecule has 0 radical (unpaired) electrons. The second kappa shape index (κ2) is 3.27. The fraction of sp³-hybridized carbons (Fsp3) is 0.250. The Bertz CT molecular complexity index is 572. The van der Waals surface area contributed by atoms with Gasteiger partial charge in [-0.3, -0.25) is 0 Å². The zero-order chi connectivity index (χ0) is 11.1. The van der Waals surface area contributed by atoms with Gasteiger partial charge in [0, 0.05) is 23.1 Å². The lowest BCUT2D eigenvalue weighted by Crippen LogP contribution is -2.00. The molecule has 0 saturated carbocycles. The first kappa shape index (κ1) is 9.27. The summed E-state index contributed by atoms with van der Waals surface area (Å²) in [4.78, 5) is 14.5. The number of hydrogen-bond acceptors (Lipinski definition) is 3. The highest BCUT2D eigenvalue weighted by molar-refractivity contribution is 6.01. The highest BCUT2D eigenvalue weighted by Gasteiger charge is 2.16. The van der Waals surface area contributed by atoms with Crippen molar-refractivity contribution < 1.29 is 9.53 Å². The van der Waals surface area contributed by atoms with Gasteiger partial charge in [0.25, 0.3) is 0 Å². The maximum atomic E-state index is 11.4. The minimum Gasteiger partial charge on any atom is -0.464 e. The lowest BCUT2D eigenvalue weighted by molar-refractivity contribution is 0.0595. The summed E-state index contributed by atoms with van der Waals surface area (Å²) in [5.74, 6) is -0.331. The number of H-pyrrole nitrogens is 1. The first-order chi connectivity index (χ1) is 7.79. The maximum absolute atomic E-state index is 11.4. The van der Waals surface area contributed by atoms with E-state index in [-0.39, 0.29) is 5.97 Å². The van der Waals surface area contributed by atoms with E-state index >= 15 is 0 Å². The first-order valence-corrected chi connectivity index (χ1v) is 5.26. The molecule has 0 spiro atoms. The molecule has 0 fully saturated rings. The number of aromatic nitrogens is 1. The zero-order valence-corrected chi connectivity index (χ0v) is 8.96. The topological polar surface area (TPSA) is 54.1 Å². The van der Waals surface area contributed by atoms with Crippen molar-refractivity contribution in [3.63, 3.8) is 0 Å². The summed E-state index contributed by atoms with van der Waals surface area (Å²) in [6.07, 6.45) is 1.05. The Labute approximate surface area is 92.6 Å². The average molecular weight is 216 g/mol. The van der Waals surface area contributed by atoms with Crippen molar-refractivity contribution in [1.29, 1.82) is 0 Å². The number of nitrogens with one attached hydrogen (secondary N) is 2. The Morgan fingerprint density at radius 2 is 2.31 bits per heavy atom. The molecule has 1 aromatic carbocycles. The molecule has 1 aliphatic heterocycles. The number of ether oxygens (including phenoxy) is 1. The number of fused-ring (bicyclic) bond motifs is 3. The number of methoxy groups -OCH3 is 1. The number of esters is 1. The van der Waals surface area contributed by atoms with Gasteiger partial charge in [0.2, 0.25) is 0 Å².